The predicted molar refractivity (Wildman–Crippen MR) is 136 cm³/mol. The first-order chi connectivity index (χ1) is 17.3. The van der Waals surface area contributed by atoms with Crippen molar-refractivity contribution in [3.05, 3.63) is 27.4 Å². The monoisotopic (exact) mass is 518 g/mol. The Hall–Kier alpha value is -2.36. The summed E-state index contributed by atoms with van der Waals surface area (Å²) in [6.07, 6.45) is 9.46. The van der Waals surface area contributed by atoms with Crippen LogP contribution in [0, 0.1) is 5.92 Å². The number of carbonyl (C=O) groups is 1. The number of allylic oxidation sites excluding steroid dienone is 1. The number of azo groups is 1. The molecule has 1 saturated heterocycles. The highest BCUT2D eigenvalue weighted by Crippen LogP contribution is 2.35. The molecule has 196 valence electrons. The van der Waals surface area contributed by atoms with Crippen LogP contribution in [0.5, 0.6) is 0 Å². The molecular formula is C26H35ClN4O5. The maximum atomic E-state index is 12.5. The predicted octanol–water partition coefficient (Wildman–Crippen LogP) is 4.43. The van der Waals surface area contributed by atoms with Gasteiger partial charge in [-0.1, -0.05) is 11.6 Å². The molecule has 0 unspecified atom stereocenters. The van der Waals surface area contributed by atoms with Gasteiger partial charge in [-0.25, -0.2) is 4.79 Å². The number of carbonyl (C=O) groups excluding carboxylic acids is 1. The van der Waals surface area contributed by atoms with Gasteiger partial charge in [-0.2, -0.15) is 15.3 Å². The van der Waals surface area contributed by atoms with Gasteiger partial charge in [0.2, 0.25) is 0 Å². The molecule has 0 radical (unpaired) electrons. The molecule has 0 bridgehead atoms. The van der Waals surface area contributed by atoms with Crippen LogP contribution in [0.15, 0.2) is 21.3 Å². The number of hydrogen-bond donors (Lipinski definition) is 1. The lowest BCUT2D eigenvalue weighted by molar-refractivity contribution is -0.0801. The van der Waals surface area contributed by atoms with Crippen molar-refractivity contribution < 1.29 is 23.8 Å². The lowest BCUT2D eigenvalue weighted by atomic mass is 9.84. The van der Waals surface area contributed by atoms with Crippen molar-refractivity contribution in [3.8, 4) is 0 Å². The zero-order chi connectivity index (χ0) is 25.3. The minimum absolute atomic E-state index is 0.288. The zero-order valence-corrected chi connectivity index (χ0v) is 22.0. The van der Waals surface area contributed by atoms with Crippen molar-refractivity contribution in [1.82, 2.24) is 4.98 Å². The van der Waals surface area contributed by atoms with E-state index in [9.17, 15) is 4.79 Å². The third kappa shape index (κ3) is 5.79. The molecule has 9 nitrogen and oxygen atoms in total. The van der Waals surface area contributed by atoms with E-state index in [1.54, 1.807) is 26.8 Å². The molecule has 0 aromatic carbocycles. The number of aromatic amines is 1. The van der Waals surface area contributed by atoms with Crippen LogP contribution in [0.1, 0.15) is 64.9 Å². The molecule has 5 rings (SSSR count). The van der Waals surface area contributed by atoms with Crippen LogP contribution in [-0.4, -0.2) is 48.7 Å². The number of aromatic nitrogens is 1. The van der Waals surface area contributed by atoms with Crippen LogP contribution >= 0.6 is 11.6 Å². The number of nitrogens with zero attached hydrogens (tertiary/aromatic N) is 3. The normalized spacial score (nSPS) is 24.8. The van der Waals surface area contributed by atoms with Gasteiger partial charge in [0.15, 0.2) is 0 Å². The smallest absolute Gasteiger partial charge is 0.427 e. The quantitative estimate of drug-likeness (QED) is 0.592. The Morgan fingerprint density at radius 1 is 1.14 bits per heavy atom. The Bertz CT molecular complexity index is 1150. The molecule has 2 fully saturated rings. The van der Waals surface area contributed by atoms with E-state index in [1.807, 2.05) is 6.08 Å². The van der Waals surface area contributed by atoms with Gasteiger partial charge in [0, 0.05) is 29.7 Å². The van der Waals surface area contributed by atoms with Gasteiger partial charge < -0.3 is 24.0 Å². The molecule has 1 aromatic heterocycles. The fourth-order valence-corrected chi connectivity index (χ4v) is 5.46. The number of H-pyrrole nitrogens is 1. The second-order valence-corrected chi connectivity index (χ2v) is 11.2. The van der Waals surface area contributed by atoms with Gasteiger partial charge >= 0.3 is 6.16 Å². The largest absolute Gasteiger partial charge is 0.533 e. The summed E-state index contributed by atoms with van der Waals surface area (Å²) in [5.41, 5.74) is 2.00. The van der Waals surface area contributed by atoms with Crippen molar-refractivity contribution in [2.45, 2.75) is 83.6 Å². The molecule has 36 heavy (non-hydrogen) atoms. The number of nitrogens with one attached hydrogen (secondary N) is 1. The topological polar surface area (TPSA) is 97.7 Å². The molecule has 0 amide bonds. The van der Waals surface area contributed by atoms with Gasteiger partial charge in [0.1, 0.15) is 11.3 Å². The van der Waals surface area contributed by atoms with E-state index in [1.165, 1.54) is 5.06 Å². The third-order valence-corrected chi connectivity index (χ3v) is 7.20. The first-order valence-electron chi connectivity index (χ1n) is 12.9. The molecule has 1 saturated carbocycles. The average molecular weight is 519 g/mol. The number of fused-ring (bicyclic) bond motifs is 3. The number of hydroxylamine groups is 1. The van der Waals surface area contributed by atoms with E-state index in [0.717, 1.165) is 79.4 Å². The first kappa shape index (κ1) is 25.3. The minimum Gasteiger partial charge on any atom is -0.427 e. The summed E-state index contributed by atoms with van der Waals surface area (Å²) in [7, 11) is 0. The minimum atomic E-state index is -0.765. The molecule has 10 heteroatoms. The van der Waals surface area contributed by atoms with E-state index in [0.29, 0.717) is 30.3 Å². The third-order valence-electron chi connectivity index (χ3n) is 6.94. The SMILES string of the molecule is CC(C)(C)OC(=O)ON1CC=C(Cl)C=c2[nH]c3c(c21)CN=NC=3C1CCC(OC2CCOCC2)CC1. The molecule has 3 aliphatic heterocycles. The van der Waals surface area contributed by atoms with E-state index < -0.39 is 11.8 Å². The summed E-state index contributed by atoms with van der Waals surface area (Å²) < 4.78 is 17.2. The Balaban J connectivity index is 1.38. The molecule has 0 spiro atoms. The van der Waals surface area contributed by atoms with Crippen molar-refractivity contribution in [2.24, 2.45) is 16.1 Å². The fourth-order valence-electron chi connectivity index (χ4n) is 5.29. The van der Waals surface area contributed by atoms with Crippen molar-refractivity contribution in [1.29, 1.82) is 0 Å². The van der Waals surface area contributed by atoms with E-state index in [-0.39, 0.29) is 5.92 Å². The van der Waals surface area contributed by atoms with Crippen LogP contribution < -0.4 is 15.8 Å². The average Bonchev–Trinajstić information content (AvgIpc) is 3.12. The highest BCUT2D eigenvalue weighted by atomic mass is 35.5. The number of rotatable bonds is 4. The van der Waals surface area contributed by atoms with Crippen LogP contribution in [0.25, 0.3) is 11.8 Å². The van der Waals surface area contributed by atoms with E-state index >= 15 is 0 Å². The van der Waals surface area contributed by atoms with Crippen LogP contribution in [0.2, 0.25) is 0 Å². The van der Waals surface area contributed by atoms with Crippen LogP contribution in [0.4, 0.5) is 10.5 Å². The van der Waals surface area contributed by atoms with Crippen molar-refractivity contribution >= 4 is 35.2 Å². The Kier molecular flexibility index (Phi) is 7.42. The highest BCUT2D eigenvalue weighted by Gasteiger charge is 2.31. The lowest BCUT2D eigenvalue weighted by Crippen LogP contribution is -2.34. The number of ether oxygens (including phenoxy) is 3. The van der Waals surface area contributed by atoms with Crippen molar-refractivity contribution in [2.75, 3.05) is 24.8 Å². The number of anilines is 1. The van der Waals surface area contributed by atoms with Gasteiger partial charge in [0.05, 0.1) is 41.7 Å². The van der Waals surface area contributed by atoms with E-state index in [2.05, 4.69) is 15.2 Å². The van der Waals surface area contributed by atoms with E-state index in [4.69, 9.17) is 30.6 Å². The summed E-state index contributed by atoms with van der Waals surface area (Å²) in [6.45, 7) is 7.69. The fraction of sp³-hybridized carbons (Fsp3) is 0.654. The number of hydrogen-bond acceptors (Lipinski definition) is 8. The van der Waals surface area contributed by atoms with Gasteiger partial charge in [-0.15, -0.1) is 0 Å². The maximum Gasteiger partial charge on any atom is 0.533 e. The molecular weight excluding hydrogens is 484 g/mol. The van der Waals surface area contributed by atoms with Gasteiger partial charge in [-0.05, 0) is 71.4 Å². The maximum absolute atomic E-state index is 12.5. The van der Waals surface area contributed by atoms with Gasteiger partial charge in [-0.3, -0.25) is 0 Å². The second kappa shape index (κ2) is 10.6. The van der Waals surface area contributed by atoms with Crippen LogP contribution in [-0.2, 0) is 25.6 Å². The Morgan fingerprint density at radius 3 is 2.58 bits per heavy atom. The van der Waals surface area contributed by atoms with Crippen molar-refractivity contribution in [3.63, 3.8) is 0 Å². The number of halogens is 1. The summed E-state index contributed by atoms with van der Waals surface area (Å²) >= 11 is 6.41. The molecule has 0 atom stereocenters. The Morgan fingerprint density at radius 2 is 1.86 bits per heavy atom. The highest BCUT2D eigenvalue weighted by molar-refractivity contribution is 6.34. The first-order valence-corrected chi connectivity index (χ1v) is 13.3. The summed E-state index contributed by atoms with van der Waals surface area (Å²) in [6, 6.07) is 0. The molecule has 4 aliphatic rings. The second-order valence-electron chi connectivity index (χ2n) is 10.8. The molecule has 1 aliphatic carbocycles. The summed E-state index contributed by atoms with van der Waals surface area (Å²) in [5, 5.41) is 12.9. The molecule has 1 aromatic rings. The molecule has 4 heterocycles. The standard InChI is InChI=1S/C26H35ClN4O5/c1-26(2,3)35-25(32)36-31-11-8-17(27)14-21-24(31)20-15-28-30-22(23(20)29-21)16-4-6-18(7-5-16)34-19-9-12-33-13-10-19/h8,14,16,18-19,29H,4-7,9-13,15H2,1-3H3. The van der Waals surface area contributed by atoms with Gasteiger partial charge in [0.25, 0.3) is 0 Å². The summed E-state index contributed by atoms with van der Waals surface area (Å²) in [4.78, 5) is 21.6. The van der Waals surface area contributed by atoms with Crippen LogP contribution in [0.3, 0.4) is 0 Å². The summed E-state index contributed by atoms with van der Waals surface area (Å²) in [5.74, 6) is 0.288. The Labute approximate surface area is 216 Å². The molecule has 1 N–H and O–H groups in total. The lowest BCUT2D eigenvalue weighted by Gasteiger charge is -2.33. The zero-order valence-electron chi connectivity index (χ0n) is 21.2.